The van der Waals surface area contributed by atoms with Crippen molar-refractivity contribution in [3.63, 3.8) is 0 Å². The first-order valence-electron chi connectivity index (χ1n) is 4.25. The molecule has 1 rings (SSSR count). The molecule has 1 aliphatic heterocycles. The third-order valence-electron chi connectivity index (χ3n) is 2.14. The molecule has 0 aromatic heterocycles. The Labute approximate surface area is 119 Å². The van der Waals surface area contributed by atoms with Crippen molar-refractivity contribution in [2.45, 2.75) is 24.1 Å². The molecule has 0 amide bonds. The molecule has 0 saturated carbocycles. The third kappa shape index (κ3) is 4.50. The number of ether oxygens (including phenoxy) is 1. The molecule has 0 spiro atoms. The van der Waals surface area contributed by atoms with E-state index in [4.69, 9.17) is 10.00 Å². The van der Waals surface area contributed by atoms with Gasteiger partial charge in [0.2, 0.25) is 5.79 Å². The first-order valence-corrected chi connectivity index (χ1v) is 5.75. The van der Waals surface area contributed by atoms with Gasteiger partial charge in [0.05, 0.1) is 6.61 Å². The van der Waals surface area contributed by atoms with Crippen LogP contribution in [0, 0.1) is 0 Å². The molecule has 96 valence electrons. The Morgan fingerprint density at radius 3 is 2.35 bits per heavy atom. The Hall–Kier alpha value is 0.910. The summed E-state index contributed by atoms with van der Waals surface area (Å²) in [5.74, 6) is -2.50. The van der Waals surface area contributed by atoms with Crippen molar-refractivity contribution in [1.82, 2.24) is 0 Å². The van der Waals surface area contributed by atoms with Gasteiger partial charge >= 0.3 is 29.6 Å². The molecule has 0 aliphatic carbocycles. The number of phosphoric acid groups is 1. The van der Waals surface area contributed by atoms with Crippen molar-refractivity contribution in [2.24, 2.45) is 0 Å². The van der Waals surface area contributed by atoms with Gasteiger partial charge in [-0.25, -0.2) is 0 Å². The van der Waals surface area contributed by atoms with E-state index >= 15 is 0 Å². The molecular weight excluding hydrogens is 270 g/mol. The average Bonchev–Trinajstić information content (AvgIpc) is 2.40. The summed E-state index contributed by atoms with van der Waals surface area (Å²) in [7, 11) is -5.08. The van der Waals surface area contributed by atoms with Crippen LogP contribution in [0.25, 0.3) is 0 Å². The molecule has 17 heavy (non-hydrogen) atoms. The predicted octanol–water partition coefficient (Wildman–Crippen LogP) is -6.73. The van der Waals surface area contributed by atoms with Crippen LogP contribution >= 0.6 is 7.82 Å². The second-order valence-electron chi connectivity index (χ2n) is 3.36. The van der Waals surface area contributed by atoms with E-state index in [1.54, 1.807) is 0 Å². The minimum Gasteiger partial charge on any atom is -0.756 e. The summed E-state index contributed by atoms with van der Waals surface area (Å²) in [5.41, 5.74) is 0. The van der Waals surface area contributed by atoms with Crippen molar-refractivity contribution in [1.29, 1.82) is 0 Å². The standard InChI is InChI=1S/C6H13O9P.Na/c7-1-3-4(8)5(9)6(10,15-3)2-14-16(11,12)13;/h3-5,7-10H,1-2H2,(H2,11,12,13);/q;+1/p-1/t3-,4-,5+,6?;/m1./s1. The van der Waals surface area contributed by atoms with E-state index in [2.05, 4.69) is 9.26 Å². The van der Waals surface area contributed by atoms with E-state index in [9.17, 15) is 24.8 Å². The zero-order valence-corrected chi connectivity index (χ0v) is 11.9. The summed E-state index contributed by atoms with van der Waals surface area (Å²) < 4.78 is 18.8. The summed E-state index contributed by atoms with van der Waals surface area (Å²) in [5, 5.41) is 36.8. The minimum absolute atomic E-state index is 0. The van der Waals surface area contributed by atoms with Crippen molar-refractivity contribution < 1.29 is 73.6 Å². The molecule has 0 aromatic rings. The third-order valence-corrected chi connectivity index (χ3v) is 2.59. The molecule has 0 aromatic carbocycles. The summed E-state index contributed by atoms with van der Waals surface area (Å²) in [4.78, 5) is 18.6. The topological polar surface area (TPSA) is 160 Å². The fourth-order valence-electron chi connectivity index (χ4n) is 1.31. The van der Waals surface area contributed by atoms with Crippen LogP contribution in [0.5, 0.6) is 0 Å². The maximum Gasteiger partial charge on any atom is 1.00 e. The Bertz CT molecular complexity index is 295. The van der Waals surface area contributed by atoms with E-state index in [1.807, 2.05) is 0 Å². The van der Waals surface area contributed by atoms with Crippen LogP contribution < -0.4 is 34.5 Å². The summed E-state index contributed by atoms with van der Waals surface area (Å²) in [6.45, 7) is -1.78. The molecule has 1 aliphatic rings. The van der Waals surface area contributed by atoms with Crippen LogP contribution in [0.4, 0.5) is 0 Å². The monoisotopic (exact) mass is 282 g/mol. The molecule has 5 N–H and O–H groups in total. The van der Waals surface area contributed by atoms with Gasteiger partial charge in [-0.1, -0.05) is 0 Å². The van der Waals surface area contributed by atoms with Crippen molar-refractivity contribution in [2.75, 3.05) is 13.2 Å². The number of aliphatic hydroxyl groups excluding tert-OH is 3. The van der Waals surface area contributed by atoms with E-state index in [0.717, 1.165) is 0 Å². The van der Waals surface area contributed by atoms with Crippen molar-refractivity contribution in [3.05, 3.63) is 0 Å². The number of rotatable bonds is 4. The number of hydrogen-bond donors (Lipinski definition) is 5. The zero-order valence-electron chi connectivity index (χ0n) is 8.96. The molecule has 0 bridgehead atoms. The van der Waals surface area contributed by atoms with Gasteiger partial charge in [0.15, 0.2) is 0 Å². The molecule has 1 saturated heterocycles. The summed E-state index contributed by atoms with van der Waals surface area (Å²) >= 11 is 0. The van der Waals surface area contributed by atoms with Gasteiger partial charge in [0, 0.05) is 0 Å². The van der Waals surface area contributed by atoms with E-state index < -0.39 is 45.1 Å². The second kappa shape index (κ2) is 6.38. The van der Waals surface area contributed by atoms with Crippen LogP contribution in [0.2, 0.25) is 0 Å². The molecular formula is C6H12NaO9P. The predicted molar refractivity (Wildman–Crippen MR) is 44.7 cm³/mol. The Balaban J connectivity index is 0.00000256. The second-order valence-corrected chi connectivity index (χ2v) is 4.56. The zero-order chi connectivity index (χ0) is 12.6. The van der Waals surface area contributed by atoms with Gasteiger partial charge < -0.3 is 39.5 Å². The first-order chi connectivity index (χ1) is 7.19. The van der Waals surface area contributed by atoms with E-state index in [-0.39, 0.29) is 29.6 Å². The molecule has 11 heteroatoms. The van der Waals surface area contributed by atoms with Crippen LogP contribution in [0.3, 0.4) is 0 Å². The van der Waals surface area contributed by atoms with Crippen LogP contribution in [0.1, 0.15) is 0 Å². The Morgan fingerprint density at radius 2 is 2.00 bits per heavy atom. The smallest absolute Gasteiger partial charge is 0.756 e. The average molecular weight is 282 g/mol. The Morgan fingerprint density at radius 1 is 1.47 bits per heavy atom. The molecule has 9 nitrogen and oxygen atoms in total. The van der Waals surface area contributed by atoms with Gasteiger partial charge in [-0.3, -0.25) is 4.57 Å². The fraction of sp³-hybridized carbons (Fsp3) is 1.00. The molecule has 2 unspecified atom stereocenters. The summed E-state index contributed by atoms with van der Waals surface area (Å²) in [6.07, 6.45) is -4.73. The minimum atomic E-state index is -5.08. The van der Waals surface area contributed by atoms with E-state index in [0.29, 0.717) is 0 Å². The fourth-order valence-corrected chi connectivity index (χ4v) is 1.66. The van der Waals surface area contributed by atoms with Gasteiger partial charge in [-0.15, -0.1) is 0 Å². The van der Waals surface area contributed by atoms with Crippen LogP contribution in [0.15, 0.2) is 0 Å². The molecule has 1 fully saturated rings. The van der Waals surface area contributed by atoms with Crippen LogP contribution in [-0.4, -0.2) is 62.6 Å². The summed E-state index contributed by atoms with van der Waals surface area (Å²) in [6, 6.07) is 0. The SMILES string of the molecule is O=P([O-])(O)OCC1(O)O[C@H](CO)[C@@H](O)[C@@H]1O.[Na+]. The molecule has 5 atom stereocenters. The van der Waals surface area contributed by atoms with Crippen molar-refractivity contribution in [3.8, 4) is 0 Å². The van der Waals surface area contributed by atoms with Gasteiger partial charge in [0.1, 0.15) is 24.9 Å². The largest absolute Gasteiger partial charge is 1.00 e. The number of aliphatic hydroxyl groups is 4. The maximum absolute atomic E-state index is 10.3. The normalized spacial score (nSPS) is 40.7. The van der Waals surface area contributed by atoms with Gasteiger partial charge in [-0.2, -0.15) is 0 Å². The molecule has 1 heterocycles. The molecule has 0 radical (unpaired) electrons. The number of hydrogen-bond acceptors (Lipinski definition) is 8. The van der Waals surface area contributed by atoms with Crippen LogP contribution in [-0.2, 0) is 13.8 Å². The van der Waals surface area contributed by atoms with Gasteiger partial charge in [-0.05, 0) is 0 Å². The quantitative estimate of drug-likeness (QED) is 0.249. The maximum atomic E-state index is 10.3. The van der Waals surface area contributed by atoms with Crippen molar-refractivity contribution >= 4 is 7.82 Å². The van der Waals surface area contributed by atoms with Gasteiger partial charge in [0.25, 0.3) is 7.82 Å². The first kappa shape index (κ1) is 17.9. The Kier molecular flexibility index (Phi) is 6.72. The van der Waals surface area contributed by atoms with E-state index in [1.165, 1.54) is 0 Å². The number of phosphoric ester groups is 1.